The van der Waals surface area contributed by atoms with Gasteiger partial charge in [0.05, 0.1) is 6.07 Å². The molecule has 0 aromatic heterocycles. The molecule has 0 amide bonds. The van der Waals surface area contributed by atoms with Crippen molar-refractivity contribution < 1.29 is 0 Å². The van der Waals surface area contributed by atoms with Crippen molar-refractivity contribution in [1.82, 2.24) is 4.90 Å². The predicted molar refractivity (Wildman–Crippen MR) is 53.1 cm³/mol. The number of nitrogens with two attached hydrogens (primary N) is 1. The van der Waals surface area contributed by atoms with Gasteiger partial charge < -0.3 is 10.6 Å². The summed E-state index contributed by atoms with van der Waals surface area (Å²) >= 11 is 0. The van der Waals surface area contributed by atoms with Crippen molar-refractivity contribution in [3.63, 3.8) is 0 Å². The van der Waals surface area contributed by atoms with Crippen LogP contribution in [0.2, 0.25) is 0 Å². The first kappa shape index (κ1) is 10.5. The van der Waals surface area contributed by atoms with Crippen molar-refractivity contribution >= 4 is 0 Å². The fourth-order valence-corrected chi connectivity index (χ4v) is 1.81. The summed E-state index contributed by atoms with van der Waals surface area (Å²) in [5.41, 5.74) is 5.59. The largest absolute Gasteiger partial charge is 0.315 e. The highest BCUT2D eigenvalue weighted by molar-refractivity contribution is 4.89. The molecule has 1 heterocycles. The smallest absolute Gasteiger partial charge is 0.106 e. The van der Waals surface area contributed by atoms with E-state index in [0.717, 1.165) is 19.6 Å². The third-order valence-electron chi connectivity index (χ3n) is 2.57. The topological polar surface area (TPSA) is 53.1 Å². The molecule has 13 heavy (non-hydrogen) atoms. The van der Waals surface area contributed by atoms with E-state index in [2.05, 4.69) is 11.0 Å². The third-order valence-corrected chi connectivity index (χ3v) is 2.57. The van der Waals surface area contributed by atoms with Crippen molar-refractivity contribution in [3.05, 3.63) is 0 Å². The van der Waals surface area contributed by atoms with E-state index >= 15 is 0 Å². The van der Waals surface area contributed by atoms with Crippen LogP contribution in [0.4, 0.5) is 0 Å². The molecule has 1 aliphatic rings. The summed E-state index contributed by atoms with van der Waals surface area (Å²) in [6.45, 7) is 2.99. The van der Waals surface area contributed by atoms with Crippen molar-refractivity contribution in [3.8, 4) is 6.07 Å². The predicted octanol–water partition coefficient (Wildman–Crippen LogP) is 1.10. The molecule has 0 spiro atoms. The number of rotatable bonds is 2. The second-order valence-electron chi connectivity index (χ2n) is 3.80. The van der Waals surface area contributed by atoms with Crippen LogP contribution >= 0.6 is 0 Å². The fourth-order valence-electron chi connectivity index (χ4n) is 1.81. The van der Waals surface area contributed by atoms with Crippen LogP contribution in [0.5, 0.6) is 0 Å². The van der Waals surface area contributed by atoms with Crippen LogP contribution < -0.4 is 5.73 Å². The molecule has 0 aromatic carbocycles. The van der Waals surface area contributed by atoms with Gasteiger partial charge in [0.2, 0.25) is 0 Å². The molecule has 0 aliphatic carbocycles. The molecule has 2 N–H and O–H groups in total. The first-order chi connectivity index (χ1) is 6.33. The quantitative estimate of drug-likeness (QED) is 0.694. The zero-order valence-electron chi connectivity index (χ0n) is 8.21. The fraction of sp³-hybridized carbons (Fsp3) is 0.900. The Balaban J connectivity index is 2.26. The minimum Gasteiger partial charge on any atom is -0.315 e. The maximum Gasteiger partial charge on any atom is 0.106 e. The van der Waals surface area contributed by atoms with E-state index in [0.29, 0.717) is 0 Å². The molecule has 1 aliphatic heterocycles. The first-order valence-corrected chi connectivity index (χ1v) is 5.20. The summed E-state index contributed by atoms with van der Waals surface area (Å²) in [5.74, 6) is 0. The Bertz CT molecular complexity index is 165. The second-order valence-corrected chi connectivity index (χ2v) is 3.80. The van der Waals surface area contributed by atoms with Crippen LogP contribution in [-0.4, -0.2) is 30.6 Å². The van der Waals surface area contributed by atoms with Gasteiger partial charge in [0.25, 0.3) is 0 Å². The van der Waals surface area contributed by atoms with Gasteiger partial charge in [-0.05, 0) is 25.9 Å². The molecular formula is C10H19N3. The van der Waals surface area contributed by atoms with Crippen molar-refractivity contribution in [2.75, 3.05) is 19.6 Å². The summed E-state index contributed by atoms with van der Waals surface area (Å²) in [6, 6.07) is 1.78. The van der Waals surface area contributed by atoms with Crippen LogP contribution in [0, 0.1) is 11.3 Å². The maximum absolute atomic E-state index is 8.59. The molecule has 3 heteroatoms. The summed E-state index contributed by atoms with van der Waals surface area (Å²) in [4.78, 5) is 2.33. The van der Waals surface area contributed by atoms with E-state index in [1.54, 1.807) is 0 Å². The molecule has 74 valence electrons. The lowest BCUT2D eigenvalue weighted by molar-refractivity contribution is 0.244. The third kappa shape index (κ3) is 4.25. The molecule has 1 saturated heterocycles. The monoisotopic (exact) mass is 181 g/mol. The molecule has 1 fully saturated rings. The Morgan fingerprint density at radius 3 is 2.23 bits per heavy atom. The van der Waals surface area contributed by atoms with Gasteiger partial charge in [-0.25, -0.2) is 0 Å². The Kier molecular flexibility index (Phi) is 4.81. The Labute approximate surface area is 80.5 Å². The SMILES string of the molecule is N#CC(N)CN1CCCCCCC1. The Morgan fingerprint density at radius 1 is 1.15 bits per heavy atom. The van der Waals surface area contributed by atoms with E-state index in [1.807, 2.05) is 0 Å². The standard InChI is InChI=1S/C10H19N3/c11-8-10(12)9-13-6-4-2-1-3-5-7-13/h10H,1-7,9,12H2. The van der Waals surface area contributed by atoms with E-state index in [1.165, 1.54) is 32.1 Å². The first-order valence-electron chi connectivity index (χ1n) is 5.20. The van der Waals surface area contributed by atoms with Gasteiger partial charge in [0, 0.05) is 6.54 Å². The number of nitrogens with zero attached hydrogens (tertiary/aromatic N) is 2. The van der Waals surface area contributed by atoms with E-state index in [-0.39, 0.29) is 6.04 Å². The Morgan fingerprint density at radius 2 is 1.69 bits per heavy atom. The highest BCUT2D eigenvalue weighted by Crippen LogP contribution is 2.10. The lowest BCUT2D eigenvalue weighted by Crippen LogP contribution is -2.38. The van der Waals surface area contributed by atoms with Gasteiger partial charge in [-0.2, -0.15) is 5.26 Å². The molecule has 0 radical (unpaired) electrons. The second kappa shape index (κ2) is 5.95. The number of nitriles is 1. The van der Waals surface area contributed by atoms with Gasteiger partial charge >= 0.3 is 0 Å². The lowest BCUT2D eigenvalue weighted by Gasteiger charge is -2.24. The van der Waals surface area contributed by atoms with Crippen LogP contribution in [0.3, 0.4) is 0 Å². The van der Waals surface area contributed by atoms with Gasteiger partial charge in [-0.15, -0.1) is 0 Å². The highest BCUT2D eigenvalue weighted by Gasteiger charge is 2.10. The van der Waals surface area contributed by atoms with Crippen molar-refractivity contribution in [2.24, 2.45) is 5.73 Å². The summed E-state index contributed by atoms with van der Waals surface area (Å²) in [6.07, 6.45) is 6.56. The van der Waals surface area contributed by atoms with E-state index < -0.39 is 0 Å². The van der Waals surface area contributed by atoms with Crippen molar-refractivity contribution in [1.29, 1.82) is 5.26 Å². The molecule has 1 atom stereocenters. The summed E-state index contributed by atoms with van der Waals surface area (Å²) in [5, 5.41) is 8.59. The Hall–Kier alpha value is -0.590. The maximum atomic E-state index is 8.59. The minimum absolute atomic E-state index is 0.306. The molecule has 0 aromatic rings. The van der Waals surface area contributed by atoms with Crippen molar-refractivity contribution in [2.45, 2.75) is 38.1 Å². The molecule has 0 saturated carbocycles. The normalized spacial score (nSPS) is 22.8. The molecule has 1 unspecified atom stereocenters. The summed E-state index contributed by atoms with van der Waals surface area (Å²) < 4.78 is 0. The van der Waals surface area contributed by atoms with Crippen LogP contribution in [0.1, 0.15) is 32.1 Å². The summed E-state index contributed by atoms with van der Waals surface area (Å²) in [7, 11) is 0. The molecular weight excluding hydrogens is 162 g/mol. The van der Waals surface area contributed by atoms with Crippen LogP contribution in [-0.2, 0) is 0 Å². The van der Waals surface area contributed by atoms with Gasteiger partial charge in [-0.3, -0.25) is 0 Å². The van der Waals surface area contributed by atoms with Gasteiger partial charge in [0.15, 0.2) is 0 Å². The molecule has 0 bridgehead atoms. The molecule has 3 nitrogen and oxygen atoms in total. The van der Waals surface area contributed by atoms with Crippen LogP contribution in [0.25, 0.3) is 0 Å². The van der Waals surface area contributed by atoms with Crippen LogP contribution in [0.15, 0.2) is 0 Å². The van der Waals surface area contributed by atoms with Gasteiger partial charge in [-0.1, -0.05) is 19.3 Å². The highest BCUT2D eigenvalue weighted by atomic mass is 15.1. The average molecular weight is 181 g/mol. The average Bonchev–Trinajstić information content (AvgIpc) is 2.09. The zero-order chi connectivity index (χ0) is 9.52. The van der Waals surface area contributed by atoms with Gasteiger partial charge in [0.1, 0.15) is 6.04 Å². The minimum atomic E-state index is -0.306. The number of likely N-dealkylation sites (tertiary alicyclic amines) is 1. The molecule has 1 rings (SSSR count). The lowest BCUT2D eigenvalue weighted by atomic mass is 10.1. The van der Waals surface area contributed by atoms with E-state index in [4.69, 9.17) is 11.0 Å². The van der Waals surface area contributed by atoms with E-state index in [9.17, 15) is 0 Å². The number of hydrogen-bond donors (Lipinski definition) is 1. The number of hydrogen-bond acceptors (Lipinski definition) is 3. The zero-order valence-corrected chi connectivity index (χ0v) is 8.21.